The summed E-state index contributed by atoms with van der Waals surface area (Å²) in [6, 6.07) is 13.4. The molecule has 0 aromatic heterocycles. The van der Waals surface area contributed by atoms with Crippen molar-refractivity contribution in [2.24, 2.45) is 0 Å². The van der Waals surface area contributed by atoms with Gasteiger partial charge in [-0.15, -0.1) is 0 Å². The zero-order valence-electron chi connectivity index (χ0n) is 12.2. The average molecular weight is 299 g/mol. The molecule has 0 radical (unpaired) electrons. The molecule has 0 unspecified atom stereocenters. The third-order valence-corrected chi connectivity index (χ3v) is 3.02. The van der Waals surface area contributed by atoms with Crippen LogP contribution < -0.4 is 10.1 Å². The minimum Gasteiger partial charge on any atom is -0.508 e. The zero-order valence-corrected chi connectivity index (χ0v) is 12.2. The van der Waals surface area contributed by atoms with Gasteiger partial charge in [0.2, 0.25) is 0 Å². The molecule has 0 atom stereocenters. The molecular weight excluding hydrogens is 282 g/mol. The molecule has 0 bridgehead atoms. The Balaban J connectivity index is 1.95. The third-order valence-electron chi connectivity index (χ3n) is 3.02. The first-order valence-electron chi connectivity index (χ1n) is 6.90. The standard InChI is InChI=1S/C17H17NO4/c1-12(19)22-16-5-3-2-4-15(16)17(21)18-11-10-13-6-8-14(20)9-7-13/h2-9,20H,10-11H2,1H3,(H,18,21). The molecule has 0 aliphatic rings. The van der Waals surface area contributed by atoms with Crippen LogP contribution >= 0.6 is 0 Å². The first-order chi connectivity index (χ1) is 10.6. The predicted octanol–water partition coefficient (Wildman–Crippen LogP) is 2.29. The molecule has 0 spiro atoms. The molecule has 2 aromatic carbocycles. The second kappa shape index (κ2) is 7.26. The number of rotatable bonds is 5. The van der Waals surface area contributed by atoms with Gasteiger partial charge in [-0.2, -0.15) is 0 Å². The van der Waals surface area contributed by atoms with Crippen molar-refractivity contribution in [2.75, 3.05) is 6.54 Å². The van der Waals surface area contributed by atoms with Crippen molar-refractivity contribution >= 4 is 11.9 Å². The maximum atomic E-state index is 12.1. The Morgan fingerprint density at radius 3 is 2.45 bits per heavy atom. The summed E-state index contributed by atoms with van der Waals surface area (Å²) in [5.74, 6) is -0.305. The van der Waals surface area contributed by atoms with Gasteiger partial charge in [-0.05, 0) is 36.2 Å². The molecule has 114 valence electrons. The Kier molecular flexibility index (Phi) is 5.14. The quantitative estimate of drug-likeness (QED) is 0.656. The number of para-hydroxylation sites is 1. The highest BCUT2D eigenvalue weighted by molar-refractivity contribution is 5.97. The number of amides is 1. The van der Waals surface area contributed by atoms with Crippen LogP contribution in [0.1, 0.15) is 22.8 Å². The fraction of sp³-hybridized carbons (Fsp3) is 0.176. The number of hydrogen-bond donors (Lipinski definition) is 2. The van der Waals surface area contributed by atoms with Crippen molar-refractivity contribution in [1.82, 2.24) is 5.32 Å². The SMILES string of the molecule is CC(=O)Oc1ccccc1C(=O)NCCc1ccc(O)cc1. The van der Waals surface area contributed by atoms with Crippen LogP contribution in [0.3, 0.4) is 0 Å². The number of hydrogen-bond acceptors (Lipinski definition) is 4. The molecule has 0 aliphatic heterocycles. The van der Waals surface area contributed by atoms with Crippen LogP contribution in [0.15, 0.2) is 48.5 Å². The van der Waals surface area contributed by atoms with Gasteiger partial charge >= 0.3 is 5.97 Å². The topological polar surface area (TPSA) is 75.6 Å². The van der Waals surface area contributed by atoms with E-state index >= 15 is 0 Å². The number of phenols is 1. The van der Waals surface area contributed by atoms with Crippen LogP contribution in [0.4, 0.5) is 0 Å². The Labute approximate surface area is 128 Å². The lowest BCUT2D eigenvalue weighted by atomic mass is 10.1. The number of aromatic hydroxyl groups is 1. The minimum absolute atomic E-state index is 0.211. The molecule has 0 saturated heterocycles. The number of ether oxygens (including phenoxy) is 1. The summed E-state index contributed by atoms with van der Waals surface area (Å²) in [5.41, 5.74) is 1.33. The fourth-order valence-electron chi connectivity index (χ4n) is 1.98. The molecule has 5 heteroatoms. The van der Waals surface area contributed by atoms with Gasteiger partial charge in [0, 0.05) is 13.5 Å². The normalized spacial score (nSPS) is 10.0. The van der Waals surface area contributed by atoms with E-state index in [1.165, 1.54) is 6.92 Å². The van der Waals surface area contributed by atoms with E-state index in [2.05, 4.69) is 5.32 Å². The molecular formula is C17H17NO4. The van der Waals surface area contributed by atoms with Crippen LogP contribution in [0.25, 0.3) is 0 Å². The van der Waals surface area contributed by atoms with Crippen LogP contribution in [0.2, 0.25) is 0 Å². The van der Waals surface area contributed by atoms with Crippen molar-refractivity contribution in [1.29, 1.82) is 0 Å². The van der Waals surface area contributed by atoms with E-state index in [9.17, 15) is 14.7 Å². The van der Waals surface area contributed by atoms with E-state index in [0.29, 0.717) is 18.5 Å². The summed E-state index contributed by atoms with van der Waals surface area (Å²) >= 11 is 0. The Morgan fingerprint density at radius 2 is 1.77 bits per heavy atom. The van der Waals surface area contributed by atoms with Gasteiger partial charge in [-0.1, -0.05) is 24.3 Å². The van der Waals surface area contributed by atoms with Crippen molar-refractivity contribution in [3.8, 4) is 11.5 Å². The smallest absolute Gasteiger partial charge is 0.308 e. The lowest BCUT2D eigenvalue weighted by molar-refractivity contribution is -0.131. The van der Waals surface area contributed by atoms with Gasteiger partial charge < -0.3 is 15.2 Å². The molecule has 0 aliphatic carbocycles. The first kappa shape index (κ1) is 15.6. The van der Waals surface area contributed by atoms with Gasteiger partial charge in [0.25, 0.3) is 5.91 Å². The highest BCUT2D eigenvalue weighted by Gasteiger charge is 2.12. The molecule has 0 heterocycles. The summed E-state index contributed by atoms with van der Waals surface area (Å²) in [4.78, 5) is 23.2. The fourth-order valence-corrected chi connectivity index (χ4v) is 1.98. The maximum Gasteiger partial charge on any atom is 0.308 e. The summed E-state index contributed by atoms with van der Waals surface area (Å²) in [6.45, 7) is 1.73. The molecule has 22 heavy (non-hydrogen) atoms. The molecule has 1 amide bonds. The Morgan fingerprint density at radius 1 is 1.09 bits per heavy atom. The first-order valence-corrected chi connectivity index (χ1v) is 6.90. The number of phenolic OH excluding ortho intramolecular Hbond substituents is 1. The summed E-state index contributed by atoms with van der Waals surface area (Å²) in [7, 11) is 0. The van der Waals surface area contributed by atoms with Gasteiger partial charge in [-0.3, -0.25) is 9.59 Å². The van der Waals surface area contributed by atoms with Gasteiger partial charge in [-0.25, -0.2) is 0 Å². The molecule has 0 fully saturated rings. The Bertz CT molecular complexity index is 665. The van der Waals surface area contributed by atoms with E-state index < -0.39 is 5.97 Å². The molecule has 5 nitrogen and oxygen atoms in total. The van der Waals surface area contributed by atoms with Gasteiger partial charge in [0.1, 0.15) is 11.5 Å². The predicted molar refractivity (Wildman–Crippen MR) is 81.9 cm³/mol. The number of carbonyl (C=O) groups is 2. The summed E-state index contributed by atoms with van der Waals surface area (Å²) in [6.07, 6.45) is 0.641. The average Bonchev–Trinajstić information content (AvgIpc) is 2.49. The summed E-state index contributed by atoms with van der Waals surface area (Å²) in [5, 5.41) is 12.0. The number of benzene rings is 2. The highest BCUT2D eigenvalue weighted by Crippen LogP contribution is 2.18. The van der Waals surface area contributed by atoms with Crippen molar-refractivity contribution in [3.05, 3.63) is 59.7 Å². The van der Waals surface area contributed by atoms with E-state index in [4.69, 9.17) is 4.74 Å². The summed E-state index contributed by atoms with van der Waals surface area (Å²) < 4.78 is 5.02. The Hall–Kier alpha value is -2.82. The highest BCUT2D eigenvalue weighted by atomic mass is 16.5. The van der Waals surface area contributed by atoms with Gasteiger partial charge in [0.15, 0.2) is 0 Å². The molecule has 2 rings (SSSR count). The van der Waals surface area contributed by atoms with Crippen LogP contribution in [-0.4, -0.2) is 23.5 Å². The van der Waals surface area contributed by atoms with Crippen LogP contribution in [-0.2, 0) is 11.2 Å². The molecule has 2 N–H and O–H groups in total. The maximum absolute atomic E-state index is 12.1. The molecule has 0 saturated carbocycles. The third kappa shape index (κ3) is 4.34. The molecule has 2 aromatic rings. The van der Waals surface area contributed by atoms with Crippen molar-refractivity contribution in [2.45, 2.75) is 13.3 Å². The largest absolute Gasteiger partial charge is 0.508 e. The lowest BCUT2D eigenvalue weighted by Gasteiger charge is -2.09. The second-order valence-corrected chi connectivity index (χ2v) is 4.76. The van der Waals surface area contributed by atoms with Crippen molar-refractivity contribution in [3.63, 3.8) is 0 Å². The number of esters is 1. The lowest BCUT2D eigenvalue weighted by Crippen LogP contribution is -2.26. The van der Waals surface area contributed by atoms with E-state index in [1.807, 2.05) is 0 Å². The van der Waals surface area contributed by atoms with Gasteiger partial charge in [0.05, 0.1) is 5.56 Å². The number of nitrogens with one attached hydrogen (secondary N) is 1. The second-order valence-electron chi connectivity index (χ2n) is 4.76. The minimum atomic E-state index is -0.468. The van der Waals surface area contributed by atoms with Crippen molar-refractivity contribution < 1.29 is 19.4 Å². The van der Waals surface area contributed by atoms with E-state index in [-0.39, 0.29) is 17.4 Å². The monoisotopic (exact) mass is 299 g/mol. The number of carbonyl (C=O) groups excluding carboxylic acids is 2. The van der Waals surface area contributed by atoms with E-state index in [0.717, 1.165) is 5.56 Å². The zero-order chi connectivity index (χ0) is 15.9. The van der Waals surface area contributed by atoms with Crippen LogP contribution in [0, 0.1) is 0 Å². The van der Waals surface area contributed by atoms with Crippen LogP contribution in [0.5, 0.6) is 11.5 Å². The van der Waals surface area contributed by atoms with E-state index in [1.54, 1.807) is 48.5 Å².